The highest BCUT2D eigenvalue weighted by Crippen LogP contribution is 2.14. The normalized spacial score (nSPS) is 10.4. The average molecular weight is 426 g/mol. The van der Waals surface area contributed by atoms with Crippen LogP contribution in [0.15, 0.2) is 54.6 Å². The molecule has 0 aliphatic heterocycles. The number of amides is 2. The Morgan fingerprint density at radius 2 is 1.93 bits per heavy atom. The summed E-state index contributed by atoms with van der Waals surface area (Å²) in [7, 11) is 0. The van der Waals surface area contributed by atoms with E-state index in [1.165, 1.54) is 30.4 Å². The van der Waals surface area contributed by atoms with Crippen LogP contribution in [0.1, 0.15) is 35.7 Å². The molecular weight excluding hydrogens is 404 g/mol. The predicted octanol–water partition coefficient (Wildman–Crippen LogP) is 3.65. The summed E-state index contributed by atoms with van der Waals surface area (Å²) in [4.78, 5) is 34.5. The first-order valence-electron chi connectivity index (χ1n) is 9.32. The standard InChI is InChI=1S/C21H22N4O4S/c1-2-3-12-22-20(27)16-7-5-8-17(14-16)23-21(30)24-19(26)11-10-15-6-4-9-18(13-15)25(28)29/h4-11,13-14H,2-3,12H2,1H3,(H,22,27)(H2,23,24,26,30)/b11-10+. The summed E-state index contributed by atoms with van der Waals surface area (Å²) < 4.78 is 0. The van der Waals surface area contributed by atoms with E-state index in [-0.39, 0.29) is 16.7 Å². The van der Waals surface area contributed by atoms with Crippen molar-refractivity contribution >= 4 is 46.6 Å². The van der Waals surface area contributed by atoms with E-state index in [1.807, 2.05) is 6.92 Å². The number of unbranched alkanes of at least 4 members (excludes halogenated alkanes) is 1. The van der Waals surface area contributed by atoms with Crippen molar-refractivity contribution in [2.45, 2.75) is 19.8 Å². The van der Waals surface area contributed by atoms with Gasteiger partial charge in [0.15, 0.2) is 5.11 Å². The minimum atomic E-state index is -0.505. The quantitative estimate of drug-likeness (QED) is 0.195. The lowest BCUT2D eigenvalue weighted by molar-refractivity contribution is -0.384. The molecule has 9 heteroatoms. The molecule has 8 nitrogen and oxygen atoms in total. The second kappa shape index (κ2) is 11.4. The van der Waals surface area contributed by atoms with Crippen molar-refractivity contribution in [3.63, 3.8) is 0 Å². The fourth-order valence-electron chi connectivity index (χ4n) is 2.45. The Kier molecular flexibility index (Phi) is 8.64. The molecule has 0 spiro atoms. The third-order valence-electron chi connectivity index (χ3n) is 3.94. The Balaban J connectivity index is 1.91. The van der Waals surface area contributed by atoms with E-state index in [1.54, 1.807) is 30.3 Å². The van der Waals surface area contributed by atoms with E-state index in [9.17, 15) is 19.7 Å². The first-order valence-corrected chi connectivity index (χ1v) is 9.72. The van der Waals surface area contributed by atoms with Crippen LogP contribution in [0, 0.1) is 10.1 Å². The van der Waals surface area contributed by atoms with E-state index < -0.39 is 10.8 Å². The van der Waals surface area contributed by atoms with Crippen LogP contribution in [0.5, 0.6) is 0 Å². The first-order chi connectivity index (χ1) is 14.4. The van der Waals surface area contributed by atoms with Crippen LogP contribution in [0.3, 0.4) is 0 Å². The van der Waals surface area contributed by atoms with E-state index >= 15 is 0 Å². The van der Waals surface area contributed by atoms with Gasteiger partial charge in [0.2, 0.25) is 5.91 Å². The Morgan fingerprint density at radius 1 is 1.17 bits per heavy atom. The summed E-state index contributed by atoms with van der Waals surface area (Å²) in [6.07, 6.45) is 4.58. The van der Waals surface area contributed by atoms with Crippen LogP contribution in [0.2, 0.25) is 0 Å². The molecule has 156 valence electrons. The molecule has 2 aromatic rings. The van der Waals surface area contributed by atoms with Crippen LogP contribution in [-0.2, 0) is 4.79 Å². The summed E-state index contributed by atoms with van der Waals surface area (Å²) >= 11 is 5.13. The molecule has 2 rings (SSSR count). The number of carbonyl (C=O) groups excluding carboxylic acids is 2. The number of hydrogen-bond acceptors (Lipinski definition) is 5. The first kappa shape index (κ1) is 22.7. The molecule has 0 fully saturated rings. The smallest absolute Gasteiger partial charge is 0.270 e. The van der Waals surface area contributed by atoms with Gasteiger partial charge in [-0.3, -0.25) is 25.0 Å². The maximum Gasteiger partial charge on any atom is 0.270 e. The average Bonchev–Trinajstić information content (AvgIpc) is 2.72. The molecule has 0 unspecified atom stereocenters. The molecule has 0 bridgehead atoms. The van der Waals surface area contributed by atoms with Crippen molar-refractivity contribution in [2.75, 3.05) is 11.9 Å². The van der Waals surface area contributed by atoms with Crippen LogP contribution >= 0.6 is 12.2 Å². The Morgan fingerprint density at radius 3 is 2.67 bits per heavy atom. The third-order valence-corrected chi connectivity index (χ3v) is 4.15. The topological polar surface area (TPSA) is 113 Å². The number of hydrogen-bond donors (Lipinski definition) is 3. The minimum Gasteiger partial charge on any atom is -0.352 e. The highest BCUT2D eigenvalue weighted by atomic mass is 32.1. The minimum absolute atomic E-state index is 0.0617. The molecule has 30 heavy (non-hydrogen) atoms. The number of nitro benzene ring substituents is 1. The summed E-state index contributed by atoms with van der Waals surface area (Å²) in [5.41, 5.74) is 1.50. The third kappa shape index (κ3) is 7.44. The highest BCUT2D eigenvalue weighted by Gasteiger charge is 2.08. The molecule has 0 saturated heterocycles. The largest absolute Gasteiger partial charge is 0.352 e. The van der Waals surface area contributed by atoms with Gasteiger partial charge in [0.05, 0.1) is 4.92 Å². The molecule has 0 aromatic heterocycles. The van der Waals surface area contributed by atoms with E-state index in [0.717, 1.165) is 12.8 Å². The molecule has 0 aliphatic carbocycles. The molecule has 2 aromatic carbocycles. The van der Waals surface area contributed by atoms with Crippen LogP contribution in [0.25, 0.3) is 6.08 Å². The summed E-state index contributed by atoms with van der Waals surface area (Å²) in [5.74, 6) is -0.672. The number of nitrogens with zero attached hydrogens (tertiary/aromatic N) is 1. The molecule has 0 saturated carbocycles. The molecule has 0 heterocycles. The van der Waals surface area contributed by atoms with E-state index in [2.05, 4.69) is 16.0 Å². The van der Waals surface area contributed by atoms with Gasteiger partial charge < -0.3 is 10.6 Å². The van der Waals surface area contributed by atoms with Crippen LogP contribution < -0.4 is 16.0 Å². The second-order valence-electron chi connectivity index (χ2n) is 6.32. The van der Waals surface area contributed by atoms with Crippen molar-refractivity contribution in [1.29, 1.82) is 0 Å². The zero-order valence-corrected chi connectivity index (χ0v) is 17.2. The highest BCUT2D eigenvalue weighted by molar-refractivity contribution is 7.80. The zero-order valence-electron chi connectivity index (χ0n) is 16.4. The molecule has 0 atom stereocenters. The van der Waals surface area contributed by atoms with Gasteiger partial charge >= 0.3 is 0 Å². The van der Waals surface area contributed by atoms with Crippen LogP contribution in [-0.4, -0.2) is 28.4 Å². The van der Waals surface area contributed by atoms with Crippen LogP contribution in [0.4, 0.5) is 11.4 Å². The fraction of sp³-hybridized carbons (Fsp3) is 0.190. The summed E-state index contributed by atoms with van der Waals surface area (Å²) in [5, 5.41) is 19.0. The lowest BCUT2D eigenvalue weighted by Gasteiger charge is -2.10. The number of rotatable bonds is 8. The zero-order chi connectivity index (χ0) is 21.9. The number of carbonyl (C=O) groups is 2. The SMILES string of the molecule is CCCCNC(=O)c1cccc(NC(=S)NC(=O)/C=C/c2cccc([N+](=O)[O-])c2)c1. The van der Waals surface area contributed by atoms with Gasteiger partial charge in [-0.2, -0.15) is 0 Å². The van der Waals surface area contributed by atoms with Gasteiger partial charge in [-0.25, -0.2) is 0 Å². The second-order valence-corrected chi connectivity index (χ2v) is 6.73. The maximum absolute atomic E-state index is 12.1. The Hall–Kier alpha value is -3.59. The molecular formula is C21H22N4O4S. The summed E-state index contributed by atoms with van der Waals surface area (Å²) in [6.45, 7) is 2.66. The van der Waals surface area contributed by atoms with Crippen molar-refractivity contribution in [1.82, 2.24) is 10.6 Å². The van der Waals surface area contributed by atoms with E-state index in [4.69, 9.17) is 12.2 Å². The van der Waals surface area contributed by atoms with Gasteiger partial charge in [0.1, 0.15) is 0 Å². The van der Waals surface area contributed by atoms with Crippen molar-refractivity contribution in [3.05, 3.63) is 75.8 Å². The molecule has 2 amide bonds. The lowest BCUT2D eigenvalue weighted by Crippen LogP contribution is -2.33. The fourth-order valence-corrected chi connectivity index (χ4v) is 2.67. The predicted molar refractivity (Wildman–Crippen MR) is 120 cm³/mol. The monoisotopic (exact) mass is 426 g/mol. The van der Waals surface area contributed by atoms with Gasteiger partial charge in [0.25, 0.3) is 11.6 Å². The maximum atomic E-state index is 12.1. The Labute approximate surface area is 179 Å². The van der Waals surface area contributed by atoms with Crippen molar-refractivity contribution in [2.24, 2.45) is 0 Å². The number of anilines is 1. The lowest BCUT2D eigenvalue weighted by atomic mass is 10.2. The van der Waals surface area contributed by atoms with Gasteiger partial charge in [-0.05, 0) is 48.5 Å². The van der Waals surface area contributed by atoms with Crippen molar-refractivity contribution < 1.29 is 14.5 Å². The summed E-state index contributed by atoms with van der Waals surface area (Å²) in [6, 6.07) is 12.7. The number of nitro groups is 1. The van der Waals surface area contributed by atoms with Gasteiger partial charge in [-0.1, -0.05) is 31.5 Å². The number of thiocarbonyl (C=S) groups is 1. The Bertz CT molecular complexity index is 975. The van der Waals surface area contributed by atoms with Crippen molar-refractivity contribution in [3.8, 4) is 0 Å². The number of nitrogens with one attached hydrogen (secondary N) is 3. The number of non-ortho nitro benzene ring substituents is 1. The molecule has 0 radical (unpaired) electrons. The van der Waals surface area contributed by atoms with Gasteiger partial charge in [-0.15, -0.1) is 0 Å². The van der Waals surface area contributed by atoms with E-state index in [0.29, 0.717) is 23.4 Å². The molecule has 3 N–H and O–H groups in total. The molecule has 0 aliphatic rings. The number of benzene rings is 2. The van der Waals surface area contributed by atoms with Gasteiger partial charge in [0, 0.05) is 36.0 Å².